The zero-order valence-electron chi connectivity index (χ0n) is 12.7. The van der Waals surface area contributed by atoms with Crippen LogP contribution in [0.5, 0.6) is 0 Å². The van der Waals surface area contributed by atoms with Gasteiger partial charge in [0.1, 0.15) is 6.04 Å². The van der Waals surface area contributed by atoms with Crippen LogP contribution in [0, 0.1) is 0 Å². The van der Waals surface area contributed by atoms with Gasteiger partial charge in [-0.1, -0.05) is 46.3 Å². The predicted molar refractivity (Wildman–Crippen MR) is 85.4 cm³/mol. The second kappa shape index (κ2) is 5.66. The van der Waals surface area contributed by atoms with Crippen LogP contribution >= 0.6 is 15.9 Å². The minimum Gasteiger partial charge on any atom is -0.349 e. The van der Waals surface area contributed by atoms with Crippen LogP contribution in [0.2, 0.25) is 0 Å². The summed E-state index contributed by atoms with van der Waals surface area (Å²) in [6, 6.07) is 9.22. The highest BCUT2D eigenvalue weighted by molar-refractivity contribution is 9.09. The van der Waals surface area contributed by atoms with E-state index in [1.807, 2.05) is 30.3 Å². The number of hydrogen-bond donors (Lipinski definition) is 0. The largest absolute Gasteiger partial charge is 0.349 e. The lowest BCUT2D eigenvalue weighted by Crippen LogP contribution is -2.71. The quantitative estimate of drug-likeness (QED) is 0.768. The first-order valence-electron chi connectivity index (χ1n) is 7.37. The van der Waals surface area contributed by atoms with Crippen LogP contribution < -0.4 is 0 Å². The van der Waals surface area contributed by atoms with Gasteiger partial charge in [0.2, 0.25) is 11.6 Å². The molecule has 3 atom stereocenters. The molecule has 2 aliphatic rings. The molecule has 6 heteroatoms. The molecule has 0 unspecified atom stereocenters. The van der Waals surface area contributed by atoms with E-state index in [0.717, 1.165) is 18.4 Å². The first-order chi connectivity index (χ1) is 10.5. The molecule has 0 bridgehead atoms. The molecule has 2 amide bonds. The van der Waals surface area contributed by atoms with E-state index in [0.29, 0.717) is 6.54 Å². The highest BCUT2D eigenvalue weighted by atomic mass is 79.9. The monoisotopic (exact) mass is 366 g/mol. The van der Waals surface area contributed by atoms with Gasteiger partial charge in [0, 0.05) is 20.7 Å². The van der Waals surface area contributed by atoms with Crippen LogP contribution in [0.3, 0.4) is 0 Å². The fraction of sp³-hybridized carbons (Fsp3) is 0.500. The van der Waals surface area contributed by atoms with E-state index < -0.39 is 10.6 Å². The van der Waals surface area contributed by atoms with Crippen LogP contribution in [0.15, 0.2) is 30.3 Å². The molecular formula is C16H19BrN2O3. The number of benzene rings is 1. The van der Waals surface area contributed by atoms with Crippen molar-refractivity contribution in [2.75, 3.05) is 20.7 Å². The number of alkyl halides is 1. The van der Waals surface area contributed by atoms with Crippen molar-refractivity contribution >= 4 is 27.7 Å². The van der Waals surface area contributed by atoms with Crippen molar-refractivity contribution in [1.82, 2.24) is 9.80 Å². The van der Waals surface area contributed by atoms with E-state index in [1.165, 1.54) is 12.0 Å². The van der Waals surface area contributed by atoms with Gasteiger partial charge < -0.3 is 14.5 Å². The topological polar surface area (TPSA) is 49.9 Å². The average Bonchev–Trinajstić information content (AvgIpc) is 3.04. The molecule has 2 saturated heterocycles. The molecule has 0 aromatic heterocycles. The third kappa shape index (κ3) is 2.01. The fourth-order valence-corrected chi connectivity index (χ4v) is 4.45. The molecule has 5 nitrogen and oxygen atoms in total. The van der Waals surface area contributed by atoms with Crippen molar-refractivity contribution < 1.29 is 14.3 Å². The molecule has 0 N–H and O–H groups in total. The molecule has 1 aromatic carbocycles. The van der Waals surface area contributed by atoms with E-state index in [-0.39, 0.29) is 17.9 Å². The summed E-state index contributed by atoms with van der Waals surface area (Å²) in [4.78, 5) is 28.5. The molecule has 0 saturated carbocycles. The standard InChI is InChI=1S/C16H19BrN2O3/c1-18-14(20)12-9-6-10-19(12)15(21)16(18,22-2)13(17)11-7-4-3-5-8-11/h3-5,7-8,12-13H,6,9-10H2,1-2H3/t12-,13-,16+/m0/s1. The van der Waals surface area contributed by atoms with E-state index in [4.69, 9.17) is 4.74 Å². The number of amides is 2. The summed E-state index contributed by atoms with van der Waals surface area (Å²) in [5.41, 5.74) is -0.450. The molecule has 22 heavy (non-hydrogen) atoms. The second-order valence-electron chi connectivity index (χ2n) is 5.73. The lowest BCUT2D eigenvalue weighted by molar-refractivity contribution is -0.200. The molecule has 3 rings (SSSR count). The Bertz CT molecular complexity index is 594. The van der Waals surface area contributed by atoms with E-state index in [9.17, 15) is 9.59 Å². The summed E-state index contributed by atoms with van der Waals surface area (Å²) in [5.74, 6) is -0.204. The van der Waals surface area contributed by atoms with Gasteiger partial charge in [-0.2, -0.15) is 0 Å². The lowest BCUT2D eigenvalue weighted by Gasteiger charge is -2.50. The Morgan fingerprint density at radius 2 is 2.00 bits per heavy atom. The summed E-state index contributed by atoms with van der Waals surface area (Å²) < 4.78 is 5.67. The number of fused-ring (bicyclic) bond motifs is 1. The number of piperazine rings is 1. The molecule has 2 heterocycles. The molecule has 2 fully saturated rings. The van der Waals surface area contributed by atoms with Gasteiger partial charge in [0.25, 0.3) is 5.91 Å². The second-order valence-corrected chi connectivity index (χ2v) is 6.64. The van der Waals surface area contributed by atoms with Crippen molar-refractivity contribution in [1.29, 1.82) is 0 Å². The van der Waals surface area contributed by atoms with E-state index in [1.54, 1.807) is 11.9 Å². The summed E-state index contributed by atoms with van der Waals surface area (Å²) in [7, 11) is 3.13. The summed E-state index contributed by atoms with van der Waals surface area (Å²) in [6.45, 7) is 0.614. The SMILES string of the molecule is CO[C@]1([C@@H](Br)c2ccccc2)C(=O)N2CCC[C@H]2C(=O)N1C. The zero-order valence-corrected chi connectivity index (χ0v) is 14.2. The van der Waals surface area contributed by atoms with Crippen LogP contribution in [0.1, 0.15) is 23.2 Å². The number of nitrogens with zero attached hydrogens (tertiary/aromatic N) is 2. The molecule has 0 radical (unpaired) electrons. The minimum atomic E-state index is -1.35. The number of likely N-dealkylation sites (N-methyl/N-ethyl adjacent to an activating group) is 1. The maximum Gasteiger partial charge on any atom is 0.278 e. The van der Waals surface area contributed by atoms with Crippen molar-refractivity contribution in [3.8, 4) is 0 Å². The first kappa shape index (κ1) is 15.5. The van der Waals surface area contributed by atoms with Gasteiger partial charge in [-0.3, -0.25) is 9.59 Å². The normalized spacial score (nSPS) is 29.7. The van der Waals surface area contributed by atoms with Crippen LogP contribution in [-0.2, 0) is 14.3 Å². The Morgan fingerprint density at radius 3 is 2.64 bits per heavy atom. The van der Waals surface area contributed by atoms with Crippen molar-refractivity contribution in [2.45, 2.75) is 29.4 Å². The number of hydrogen-bond acceptors (Lipinski definition) is 3. The highest BCUT2D eigenvalue weighted by Crippen LogP contribution is 2.44. The van der Waals surface area contributed by atoms with Gasteiger partial charge in [0.05, 0.1) is 4.83 Å². The Balaban J connectivity index is 2.07. The highest BCUT2D eigenvalue weighted by Gasteiger charge is 2.60. The van der Waals surface area contributed by atoms with Gasteiger partial charge in [-0.15, -0.1) is 0 Å². The smallest absolute Gasteiger partial charge is 0.278 e. The molecule has 1 aromatic rings. The number of halogens is 1. The maximum absolute atomic E-state index is 13.1. The van der Waals surface area contributed by atoms with Crippen LogP contribution in [0.25, 0.3) is 0 Å². The molecule has 0 spiro atoms. The van der Waals surface area contributed by atoms with Crippen molar-refractivity contribution in [3.05, 3.63) is 35.9 Å². The fourth-order valence-electron chi connectivity index (χ4n) is 3.46. The molecular weight excluding hydrogens is 348 g/mol. The number of carbonyl (C=O) groups is 2. The van der Waals surface area contributed by atoms with Crippen LogP contribution in [-0.4, -0.2) is 54.1 Å². The third-order valence-corrected chi connectivity index (χ3v) is 5.83. The van der Waals surface area contributed by atoms with Crippen molar-refractivity contribution in [3.63, 3.8) is 0 Å². The molecule has 0 aliphatic carbocycles. The van der Waals surface area contributed by atoms with E-state index in [2.05, 4.69) is 15.9 Å². The Morgan fingerprint density at radius 1 is 1.32 bits per heavy atom. The Kier molecular flexibility index (Phi) is 3.99. The Labute approximate surface area is 138 Å². The summed E-state index contributed by atoms with van der Waals surface area (Å²) >= 11 is 3.60. The molecule has 118 valence electrons. The van der Waals surface area contributed by atoms with E-state index >= 15 is 0 Å². The minimum absolute atomic E-state index is 0.0562. The number of carbonyl (C=O) groups excluding carboxylic acids is 2. The average molecular weight is 367 g/mol. The lowest BCUT2D eigenvalue weighted by atomic mass is 9.95. The van der Waals surface area contributed by atoms with Gasteiger partial charge in [-0.05, 0) is 18.4 Å². The number of methoxy groups -OCH3 is 1. The maximum atomic E-state index is 13.1. The third-order valence-electron chi connectivity index (χ3n) is 4.68. The Hall–Kier alpha value is -1.40. The van der Waals surface area contributed by atoms with Gasteiger partial charge >= 0.3 is 0 Å². The first-order valence-corrected chi connectivity index (χ1v) is 8.28. The zero-order chi connectivity index (χ0) is 15.9. The van der Waals surface area contributed by atoms with Gasteiger partial charge in [0.15, 0.2) is 0 Å². The summed E-state index contributed by atoms with van der Waals surface area (Å²) in [6.07, 6.45) is 1.58. The number of ether oxygens (including phenoxy) is 1. The van der Waals surface area contributed by atoms with Gasteiger partial charge in [-0.25, -0.2) is 0 Å². The van der Waals surface area contributed by atoms with Crippen LogP contribution in [0.4, 0.5) is 0 Å². The summed E-state index contributed by atoms with van der Waals surface area (Å²) in [5, 5.41) is 0. The predicted octanol–water partition coefficient (Wildman–Crippen LogP) is 1.93. The molecule has 2 aliphatic heterocycles. The number of rotatable bonds is 3. The van der Waals surface area contributed by atoms with Crippen molar-refractivity contribution in [2.24, 2.45) is 0 Å².